The van der Waals surface area contributed by atoms with E-state index in [0.717, 1.165) is 79.4 Å². The van der Waals surface area contributed by atoms with Gasteiger partial charge in [0.2, 0.25) is 11.6 Å². The molecule has 0 unspecified atom stereocenters. The molecule has 306 valence electrons. The van der Waals surface area contributed by atoms with Crippen molar-refractivity contribution in [3.8, 4) is 45.3 Å². The monoisotopic (exact) mass is 816 g/mol. The number of carbonyl (C=O) groups excluding carboxylic acids is 2. The van der Waals surface area contributed by atoms with Gasteiger partial charge in [0.1, 0.15) is 23.0 Å². The molecule has 8 rings (SSSR count). The van der Waals surface area contributed by atoms with Gasteiger partial charge in [0, 0.05) is 45.3 Å². The van der Waals surface area contributed by atoms with Crippen molar-refractivity contribution in [1.82, 2.24) is 0 Å². The van der Waals surface area contributed by atoms with Crippen molar-refractivity contribution in [2.45, 2.75) is 0 Å². The van der Waals surface area contributed by atoms with Gasteiger partial charge in [-0.15, -0.1) is 0 Å². The lowest BCUT2D eigenvalue weighted by atomic mass is 9.97. The van der Waals surface area contributed by atoms with Crippen molar-refractivity contribution in [3.63, 3.8) is 0 Å². The Kier molecular flexibility index (Phi) is 12.1. The third-order valence-corrected chi connectivity index (χ3v) is 10.7. The molecule has 0 aliphatic carbocycles. The maximum absolute atomic E-state index is 13.4. The molecular formula is C54H44N2O6. The summed E-state index contributed by atoms with van der Waals surface area (Å²) in [5.74, 6) is 1.99. The van der Waals surface area contributed by atoms with Gasteiger partial charge in [0.15, 0.2) is 0 Å². The summed E-state index contributed by atoms with van der Waals surface area (Å²) in [7, 11) is 6.61. The van der Waals surface area contributed by atoms with E-state index < -0.39 is 11.6 Å². The van der Waals surface area contributed by atoms with Crippen molar-refractivity contribution in [2.75, 3.05) is 38.2 Å². The third kappa shape index (κ3) is 8.76. The fourth-order valence-corrected chi connectivity index (χ4v) is 7.32. The molecule has 0 saturated carbocycles. The molecule has 0 spiro atoms. The van der Waals surface area contributed by atoms with E-state index in [1.807, 2.05) is 146 Å². The molecule has 0 radical (unpaired) electrons. The van der Waals surface area contributed by atoms with Crippen LogP contribution in [0.3, 0.4) is 0 Å². The molecule has 0 amide bonds. The van der Waals surface area contributed by atoms with Gasteiger partial charge < -0.3 is 28.7 Å². The minimum atomic E-state index is -0.559. The maximum Gasteiger partial charge on any atom is 0.233 e. The molecule has 0 aliphatic heterocycles. The molecular weight excluding hydrogens is 773 g/mol. The quantitative estimate of drug-likeness (QED) is 0.0748. The first-order valence-corrected chi connectivity index (χ1v) is 20.0. The second-order valence-electron chi connectivity index (χ2n) is 14.4. The number of rotatable bonds is 15. The number of Topliss-reactive ketones (excluding diaryl/α,β-unsaturated/α-hetero) is 2. The van der Waals surface area contributed by atoms with Gasteiger partial charge in [-0.25, -0.2) is 0 Å². The standard InChI is InChI=1S/C54H44N2O6/c1-59-49-29-21-45(22-30-49)55(46-23-31-50(60-2)32-24-46)43-17-13-39(14-18-43)37-5-9-41(10-6-37)53(57)54(58)42-11-7-38(8-12-42)40-15-19-44(20-16-40)56(47-25-33-51(61-3)34-26-47)48-27-35-52(62-4)36-28-48/h5-36H,1-4H3. The molecule has 0 saturated heterocycles. The van der Waals surface area contributed by atoms with Gasteiger partial charge in [-0.3, -0.25) is 9.59 Å². The molecule has 0 bridgehead atoms. The largest absolute Gasteiger partial charge is 0.497 e. The van der Waals surface area contributed by atoms with Gasteiger partial charge >= 0.3 is 0 Å². The fraction of sp³-hybridized carbons (Fsp3) is 0.0741. The Labute approximate surface area is 361 Å². The van der Waals surface area contributed by atoms with Crippen molar-refractivity contribution in [3.05, 3.63) is 205 Å². The zero-order chi connectivity index (χ0) is 43.0. The lowest BCUT2D eigenvalue weighted by Gasteiger charge is -2.26. The molecule has 0 heterocycles. The summed E-state index contributed by atoms with van der Waals surface area (Å²) < 4.78 is 21.6. The van der Waals surface area contributed by atoms with Crippen LogP contribution in [-0.2, 0) is 0 Å². The molecule has 62 heavy (non-hydrogen) atoms. The van der Waals surface area contributed by atoms with E-state index in [1.165, 1.54) is 0 Å². The zero-order valence-electron chi connectivity index (χ0n) is 34.8. The van der Waals surface area contributed by atoms with Crippen LogP contribution >= 0.6 is 0 Å². The molecule has 8 nitrogen and oxygen atoms in total. The number of benzene rings is 8. The van der Waals surface area contributed by atoms with E-state index in [4.69, 9.17) is 18.9 Å². The highest BCUT2D eigenvalue weighted by Gasteiger charge is 2.20. The minimum absolute atomic E-state index is 0.332. The normalized spacial score (nSPS) is 10.7. The number of hydrogen-bond donors (Lipinski definition) is 0. The Hall–Kier alpha value is -8.10. The molecule has 0 fully saturated rings. The van der Waals surface area contributed by atoms with E-state index in [0.29, 0.717) is 11.1 Å². The minimum Gasteiger partial charge on any atom is -0.497 e. The Balaban J connectivity index is 0.954. The number of ketones is 2. The van der Waals surface area contributed by atoms with Crippen molar-refractivity contribution in [1.29, 1.82) is 0 Å². The Morgan fingerprint density at radius 1 is 0.274 bits per heavy atom. The van der Waals surface area contributed by atoms with Crippen LogP contribution in [0, 0.1) is 0 Å². The highest BCUT2D eigenvalue weighted by Crippen LogP contribution is 2.39. The van der Waals surface area contributed by atoms with Gasteiger partial charge in [0.25, 0.3) is 0 Å². The molecule has 8 heteroatoms. The van der Waals surface area contributed by atoms with E-state index in [2.05, 4.69) is 34.1 Å². The first-order chi connectivity index (χ1) is 30.3. The summed E-state index contributed by atoms with van der Waals surface area (Å²) in [4.78, 5) is 31.2. The molecule has 8 aromatic rings. The topological polar surface area (TPSA) is 77.5 Å². The van der Waals surface area contributed by atoms with E-state index >= 15 is 0 Å². The third-order valence-electron chi connectivity index (χ3n) is 10.7. The van der Waals surface area contributed by atoms with Crippen LogP contribution in [0.25, 0.3) is 22.3 Å². The number of anilines is 6. The lowest BCUT2D eigenvalue weighted by molar-refractivity contribution is 0.0817. The lowest BCUT2D eigenvalue weighted by Crippen LogP contribution is -2.14. The van der Waals surface area contributed by atoms with Gasteiger partial charge in [-0.2, -0.15) is 0 Å². The average Bonchev–Trinajstić information content (AvgIpc) is 3.35. The molecule has 0 N–H and O–H groups in total. The highest BCUT2D eigenvalue weighted by atomic mass is 16.5. The van der Waals surface area contributed by atoms with Crippen molar-refractivity contribution < 1.29 is 28.5 Å². The molecule has 8 aromatic carbocycles. The van der Waals surface area contributed by atoms with Crippen LogP contribution < -0.4 is 28.7 Å². The number of carbonyl (C=O) groups is 2. The Morgan fingerprint density at radius 3 is 0.645 bits per heavy atom. The maximum atomic E-state index is 13.4. The summed E-state index contributed by atoms with van der Waals surface area (Å²) in [5.41, 5.74) is 10.3. The first-order valence-electron chi connectivity index (χ1n) is 20.0. The number of methoxy groups -OCH3 is 4. The summed E-state index contributed by atoms with van der Waals surface area (Å²) in [6, 6.07) is 62.4. The van der Waals surface area contributed by atoms with E-state index in [1.54, 1.807) is 52.7 Å². The van der Waals surface area contributed by atoms with Crippen molar-refractivity contribution in [2.24, 2.45) is 0 Å². The fourth-order valence-electron chi connectivity index (χ4n) is 7.32. The molecule has 0 aliphatic rings. The van der Waals surface area contributed by atoms with Crippen LogP contribution in [0.15, 0.2) is 194 Å². The average molecular weight is 817 g/mol. The first kappa shape index (κ1) is 40.7. The summed E-state index contributed by atoms with van der Waals surface area (Å²) in [5, 5.41) is 0. The van der Waals surface area contributed by atoms with Gasteiger partial charge in [-0.1, -0.05) is 72.8 Å². The zero-order valence-corrected chi connectivity index (χ0v) is 34.8. The van der Waals surface area contributed by atoms with Crippen LogP contribution in [0.1, 0.15) is 20.7 Å². The number of nitrogens with zero attached hydrogens (tertiary/aromatic N) is 2. The van der Waals surface area contributed by atoms with Crippen molar-refractivity contribution >= 4 is 45.7 Å². The van der Waals surface area contributed by atoms with Gasteiger partial charge in [-0.05, 0) is 144 Å². The highest BCUT2D eigenvalue weighted by molar-refractivity contribution is 6.49. The number of ether oxygens (including phenoxy) is 4. The van der Waals surface area contributed by atoms with E-state index in [-0.39, 0.29) is 0 Å². The predicted octanol–water partition coefficient (Wildman–Crippen LogP) is 13.1. The van der Waals surface area contributed by atoms with Crippen LogP contribution in [0.2, 0.25) is 0 Å². The number of hydrogen-bond acceptors (Lipinski definition) is 8. The second-order valence-corrected chi connectivity index (χ2v) is 14.4. The molecule has 0 atom stereocenters. The van der Waals surface area contributed by atoms with Crippen LogP contribution in [0.4, 0.5) is 34.1 Å². The van der Waals surface area contributed by atoms with Crippen LogP contribution in [-0.4, -0.2) is 40.0 Å². The predicted molar refractivity (Wildman–Crippen MR) is 248 cm³/mol. The SMILES string of the molecule is COc1ccc(N(c2ccc(OC)cc2)c2ccc(-c3ccc(C(=O)C(=O)c4ccc(-c5ccc(N(c6ccc(OC)cc6)c6ccc(OC)cc6)cc5)cc4)cc3)cc2)cc1. The smallest absolute Gasteiger partial charge is 0.233 e. The molecule has 0 aromatic heterocycles. The van der Waals surface area contributed by atoms with Gasteiger partial charge in [0.05, 0.1) is 28.4 Å². The summed E-state index contributed by atoms with van der Waals surface area (Å²) in [6.07, 6.45) is 0. The summed E-state index contributed by atoms with van der Waals surface area (Å²) in [6.45, 7) is 0. The Bertz CT molecular complexity index is 2460. The second kappa shape index (κ2) is 18.4. The van der Waals surface area contributed by atoms with E-state index in [9.17, 15) is 9.59 Å². The van der Waals surface area contributed by atoms with Crippen LogP contribution in [0.5, 0.6) is 23.0 Å². The Morgan fingerprint density at radius 2 is 0.452 bits per heavy atom. The summed E-state index contributed by atoms with van der Waals surface area (Å²) >= 11 is 0.